The number of sulfonamides is 1. The Morgan fingerprint density at radius 1 is 1.00 bits per heavy atom. The van der Waals surface area contributed by atoms with Crippen LogP contribution in [0.5, 0.6) is 5.75 Å². The third-order valence-electron chi connectivity index (χ3n) is 4.55. The normalized spacial score (nSPS) is 11.0. The second-order valence-electron chi connectivity index (χ2n) is 7.07. The average molecular weight is 441 g/mol. The van der Waals surface area contributed by atoms with Gasteiger partial charge in [0.25, 0.3) is 15.9 Å². The number of carbonyl (C=O) groups is 1. The highest BCUT2D eigenvalue weighted by molar-refractivity contribution is 7.92. The lowest BCUT2D eigenvalue weighted by Gasteiger charge is -2.13. The first-order valence-electron chi connectivity index (χ1n) is 9.42. The number of aromatic nitrogens is 1. The lowest BCUT2D eigenvalue weighted by molar-refractivity contribution is 0.102. The molecule has 0 spiro atoms. The number of nitrogens with zero attached hydrogens (tertiary/aromatic N) is 2. The van der Waals surface area contributed by atoms with Crippen LogP contribution in [0, 0.1) is 6.92 Å². The molecular formula is C22H24N4O4S. The third-order valence-corrected chi connectivity index (χ3v) is 6.07. The van der Waals surface area contributed by atoms with Crippen LogP contribution in [0.25, 0.3) is 0 Å². The lowest BCUT2D eigenvalue weighted by Crippen LogP contribution is -2.17. The van der Waals surface area contributed by atoms with E-state index < -0.39 is 15.9 Å². The van der Waals surface area contributed by atoms with Gasteiger partial charge in [0.05, 0.1) is 23.9 Å². The number of amides is 1. The summed E-state index contributed by atoms with van der Waals surface area (Å²) in [5.41, 5.74) is 1.64. The van der Waals surface area contributed by atoms with Crippen LogP contribution in [-0.2, 0) is 10.0 Å². The van der Waals surface area contributed by atoms with E-state index in [1.165, 1.54) is 13.2 Å². The summed E-state index contributed by atoms with van der Waals surface area (Å²) in [6.45, 7) is 1.67. The molecule has 1 amide bonds. The van der Waals surface area contributed by atoms with E-state index in [-0.39, 0.29) is 10.5 Å². The number of benzene rings is 2. The Balaban J connectivity index is 1.81. The summed E-state index contributed by atoms with van der Waals surface area (Å²) in [5.74, 6) is 0.942. The Hall–Kier alpha value is -3.59. The third kappa shape index (κ3) is 5.32. The fourth-order valence-electron chi connectivity index (χ4n) is 2.83. The number of nitrogens with one attached hydrogen (secondary N) is 2. The predicted octanol–water partition coefficient (Wildman–Crippen LogP) is 3.52. The molecule has 2 N–H and O–H groups in total. The van der Waals surface area contributed by atoms with Crippen molar-refractivity contribution in [1.29, 1.82) is 0 Å². The molecule has 3 rings (SSSR count). The Bertz CT molecular complexity index is 1180. The van der Waals surface area contributed by atoms with Crippen molar-refractivity contribution in [3.63, 3.8) is 0 Å². The van der Waals surface area contributed by atoms with E-state index in [9.17, 15) is 13.2 Å². The molecule has 0 radical (unpaired) electrons. The summed E-state index contributed by atoms with van der Waals surface area (Å²) in [6, 6.07) is 14.6. The topological polar surface area (TPSA) is 101 Å². The van der Waals surface area contributed by atoms with Gasteiger partial charge in [0, 0.05) is 25.3 Å². The SMILES string of the molecule is COc1ccc(NS(=O)(=O)c2cc(C(=O)Nc3ccc(N(C)C)nc3)ccc2C)cc1. The van der Waals surface area contributed by atoms with Crippen molar-refractivity contribution in [3.8, 4) is 5.75 Å². The molecule has 0 aliphatic heterocycles. The molecule has 0 bridgehead atoms. The number of aryl methyl sites for hydroxylation is 1. The van der Waals surface area contributed by atoms with Crippen LogP contribution in [0.15, 0.2) is 65.7 Å². The zero-order valence-corrected chi connectivity index (χ0v) is 18.5. The summed E-state index contributed by atoms with van der Waals surface area (Å²) < 4.78 is 33.5. The molecule has 31 heavy (non-hydrogen) atoms. The Kier molecular flexibility index (Phi) is 6.45. The van der Waals surface area contributed by atoms with Gasteiger partial charge in [0.15, 0.2) is 0 Å². The zero-order chi connectivity index (χ0) is 22.6. The smallest absolute Gasteiger partial charge is 0.262 e. The monoisotopic (exact) mass is 440 g/mol. The Morgan fingerprint density at radius 2 is 1.68 bits per heavy atom. The number of hydrogen-bond acceptors (Lipinski definition) is 6. The van der Waals surface area contributed by atoms with E-state index in [1.54, 1.807) is 61.7 Å². The molecule has 0 saturated heterocycles. The molecule has 0 atom stereocenters. The van der Waals surface area contributed by atoms with Crippen molar-refractivity contribution in [2.45, 2.75) is 11.8 Å². The first-order valence-corrected chi connectivity index (χ1v) is 10.9. The largest absolute Gasteiger partial charge is 0.497 e. The van der Waals surface area contributed by atoms with Crippen molar-refractivity contribution in [3.05, 3.63) is 71.9 Å². The van der Waals surface area contributed by atoms with E-state index in [0.717, 1.165) is 5.82 Å². The van der Waals surface area contributed by atoms with Crippen LogP contribution < -0.4 is 19.7 Å². The second-order valence-corrected chi connectivity index (χ2v) is 8.72. The van der Waals surface area contributed by atoms with Crippen molar-refractivity contribution in [2.75, 3.05) is 36.1 Å². The molecule has 1 aromatic heterocycles. The van der Waals surface area contributed by atoms with E-state index in [4.69, 9.17) is 4.74 Å². The second kappa shape index (κ2) is 9.05. The minimum Gasteiger partial charge on any atom is -0.497 e. The van der Waals surface area contributed by atoms with Crippen molar-refractivity contribution in [1.82, 2.24) is 4.98 Å². The van der Waals surface area contributed by atoms with Crippen LogP contribution >= 0.6 is 0 Å². The van der Waals surface area contributed by atoms with Gasteiger partial charge in [0.2, 0.25) is 0 Å². The maximum atomic E-state index is 12.9. The summed E-state index contributed by atoms with van der Waals surface area (Å²) in [7, 11) is 1.38. The molecule has 0 fully saturated rings. The first-order chi connectivity index (χ1) is 14.7. The highest BCUT2D eigenvalue weighted by atomic mass is 32.2. The quantitative estimate of drug-likeness (QED) is 0.583. The molecule has 3 aromatic rings. The number of pyridine rings is 1. The Morgan fingerprint density at radius 3 is 2.26 bits per heavy atom. The molecule has 0 aliphatic carbocycles. The van der Waals surface area contributed by atoms with E-state index in [0.29, 0.717) is 22.7 Å². The van der Waals surface area contributed by atoms with Gasteiger partial charge in [0.1, 0.15) is 11.6 Å². The van der Waals surface area contributed by atoms with Crippen molar-refractivity contribution < 1.29 is 17.9 Å². The standard InChI is InChI=1S/C22H24N4O4S/c1-15-5-6-16(22(27)24-18-9-12-21(23-14-18)26(2)3)13-20(15)31(28,29)25-17-7-10-19(30-4)11-8-17/h5-14,25H,1-4H3,(H,24,27). The molecule has 162 valence electrons. The van der Waals surface area contributed by atoms with Gasteiger partial charge in [-0.15, -0.1) is 0 Å². The molecule has 1 heterocycles. The van der Waals surface area contributed by atoms with Gasteiger partial charge in [-0.2, -0.15) is 0 Å². The molecule has 0 aliphatic rings. The minimum absolute atomic E-state index is 0.0250. The highest BCUT2D eigenvalue weighted by Gasteiger charge is 2.19. The maximum absolute atomic E-state index is 12.9. The van der Waals surface area contributed by atoms with Crippen LogP contribution in [-0.4, -0.2) is 40.5 Å². The zero-order valence-electron chi connectivity index (χ0n) is 17.7. The molecule has 8 nitrogen and oxygen atoms in total. The number of rotatable bonds is 7. The molecule has 0 unspecified atom stereocenters. The summed E-state index contributed by atoms with van der Waals surface area (Å²) >= 11 is 0. The first kappa shape index (κ1) is 22.1. The highest BCUT2D eigenvalue weighted by Crippen LogP contribution is 2.23. The van der Waals surface area contributed by atoms with Crippen LogP contribution in [0.1, 0.15) is 15.9 Å². The lowest BCUT2D eigenvalue weighted by atomic mass is 10.1. The number of methoxy groups -OCH3 is 1. The maximum Gasteiger partial charge on any atom is 0.262 e. The Labute approximate surface area is 181 Å². The average Bonchev–Trinajstić information content (AvgIpc) is 2.74. The van der Waals surface area contributed by atoms with Crippen molar-refractivity contribution >= 4 is 33.1 Å². The molecular weight excluding hydrogens is 416 g/mol. The van der Waals surface area contributed by atoms with Gasteiger partial charge in [-0.3, -0.25) is 9.52 Å². The van der Waals surface area contributed by atoms with Gasteiger partial charge in [-0.05, 0) is 61.0 Å². The number of hydrogen-bond donors (Lipinski definition) is 2. The number of carbonyl (C=O) groups excluding carboxylic acids is 1. The summed E-state index contributed by atoms with van der Waals surface area (Å²) in [6.07, 6.45) is 1.55. The number of anilines is 3. The van der Waals surface area contributed by atoms with Crippen LogP contribution in [0.2, 0.25) is 0 Å². The van der Waals surface area contributed by atoms with Crippen molar-refractivity contribution in [2.24, 2.45) is 0 Å². The van der Waals surface area contributed by atoms with Crippen LogP contribution in [0.4, 0.5) is 17.2 Å². The number of ether oxygens (including phenoxy) is 1. The summed E-state index contributed by atoms with van der Waals surface area (Å²) in [5, 5.41) is 2.74. The van der Waals surface area contributed by atoms with Gasteiger partial charge in [-0.25, -0.2) is 13.4 Å². The van der Waals surface area contributed by atoms with E-state index >= 15 is 0 Å². The predicted molar refractivity (Wildman–Crippen MR) is 121 cm³/mol. The van der Waals surface area contributed by atoms with Gasteiger partial charge < -0.3 is 15.0 Å². The van der Waals surface area contributed by atoms with Gasteiger partial charge in [-0.1, -0.05) is 6.07 Å². The van der Waals surface area contributed by atoms with Crippen LogP contribution in [0.3, 0.4) is 0 Å². The minimum atomic E-state index is -3.90. The summed E-state index contributed by atoms with van der Waals surface area (Å²) in [4.78, 5) is 18.8. The fraction of sp³-hybridized carbons (Fsp3) is 0.182. The van der Waals surface area contributed by atoms with E-state index in [1.807, 2.05) is 19.0 Å². The molecule has 0 saturated carbocycles. The fourth-order valence-corrected chi connectivity index (χ4v) is 4.16. The van der Waals surface area contributed by atoms with Gasteiger partial charge >= 0.3 is 0 Å². The van der Waals surface area contributed by atoms with E-state index in [2.05, 4.69) is 15.0 Å². The molecule has 2 aromatic carbocycles. The molecule has 9 heteroatoms.